The van der Waals surface area contributed by atoms with Gasteiger partial charge in [-0.25, -0.2) is 0 Å². The Bertz CT molecular complexity index is 439. The molecule has 1 aliphatic heterocycles. The lowest BCUT2D eigenvalue weighted by atomic mass is 9.97. The lowest BCUT2D eigenvalue weighted by Gasteiger charge is -2.31. The quantitative estimate of drug-likeness (QED) is 0.840. The zero-order valence-electron chi connectivity index (χ0n) is 12.5. The van der Waals surface area contributed by atoms with Gasteiger partial charge in [0.2, 0.25) is 0 Å². The van der Waals surface area contributed by atoms with E-state index >= 15 is 0 Å². The van der Waals surface area contributed by atoms with E-state index in [0.29, 0.717) is 18.4 Å². The standard InChI is InChI=1S/C17H25NO2/c1-13(2)15-5-7-16(8-6-15)17(20)11-18-9-3-4-14(10-18)12-19/h5-8,13-14,19H,3-4,9-12H2,1-2H3. The molecule has 2 rings (SSSR count). The van der Waals surface area contributed by atoms with Gasteiger partial charge >= 0.3 is 0 Å². The van der Waals surface area contributed by atoms with Crippen LogP contribution in [0.25, 0.3) is 0 Å². The number of carbonyl (C=O) groups excluding carboxylic acids is 1. The van der Waals surface area contributed by atoms with Crippen LogP contribution in [-0.2, 0) is 0 Å². The highest BCUT2D eigenvalue weighted by atomic mass is 16.3. The van der Waals surface area contributed by atoms with Gasteiger partial charge in [-0.2, -0.15) is 0 Å². The second-order valence-corrected chi connectivity index (χ2v) is 6.13. The third-order valence-electron chi connectivity index (χ3n) is 4.13. The summed E-state index contributed by atoms with van der Waals surface area (Å²) in [4.78, 5) is 14.5. The van der Waals surface area contributed by atoms with Crippen molar-refractivity contribution >= 4 is 5.78 Å². The lowest BCUT2D eigenvalue weighted by Crippen LogP contribution is -2.39. The molecule has 1 heterocycles. The predicted molar refractivity (Wildman–Crippen MR) is 81.1 cm³/mol. The third kappa shape index (κ3) is 3.90. The molecule has 0 bridgehead atoms. The molecule has 0 spiro atoms. The van der Waals surface area contributed by atoms with Gasteiger partial charge in [0.1, 0.15) is 0 Å². The summed E-state index contributed by atoms with van der Waals surface area (Å²) in [6.45, 7) is 6.81. The van der Waals surface area contributed by atoms with Crippen LogP contribution in [0.2, 0.25) is 0 Å². The van der Waals surface area contributed by atoms with Crippen molar-refractivity contribution in [2.75, 3.05) is 26.2 Å². The molecule has 0 aromatic heterocycles. The molecule has 1 aliphatic rings. The number of likely N-dealkylation sites (tertiary alicyclic amines) is 1. The van der Waals surface area contributed by atoms with Crippen molar-refractivity contribution in [3.05, 3.63) is 35.4 Å². The lowest BCUT2D eigenvalue weighted by molar-refractivity contribution is 0.0833. The number of aliphatic hydroxyl groups excluding tert-OH is 1. The molecule has 1 aromatic rings. The normalized spacial score (nSPS) is 20.3. The van der Waals surface area contributed by atoms with Crippen LogP contribution in [0.1, 0.15) is 48.5 Å². The summed E-state index contributed by atoms with van der Waals surface area (Å²) in [6, 6.07) is 7.96. The highest BCUT2D eigenvalue weighted by molar-refractivity contribution is 5.97. The maximum atomic E-state index is 12.3. The summed E-state index contributed by atoms with van der Waals surface area (Å²) in [7, 11) is 0. The molecule has 0 aliphatic carbocycles. The summed E-state index contributed by atoms with van der Waals surface area (Å²) >= 11 is 0. The topological polar surface area (TPSA) is 40.5 Å². The smallest absolute Gasteiger partial charge is 0.176 e. The van der Waals surface area contributed by atoms with Crippen molar-refractivity contribution in [3.8, 4) is 0 Å². The van der Waals surface area contributed by atoms with Crippen molar-refractivity contribution in [2.45, 2.75) is 32.6 Å². The molecule has 1 atom stereocenters. The molecule has 1 N–H and O–H groups in total. The molecular formula is C17H25NO2. The minimum absolute atomic E-state index is 0.180. The Morgan fingerprint density at radius 2 is 2.05 bits per heavy atom. The van der Waals surface area contributed by atoms with Crippen molar-refractivity contribution < 1.29 is 9.90 Å². The van der Waals surface area contributed by atoms with Crippen LogP contribution in [0.5, 0.6) is 0 Å². The number of hydrogen-bond acceptors (Lipinski definition) is 3. The van der Waals surface area contributed by atoms with Crippen molar-refractivity contribution in [1.82, 2.24) is 4.90 Å². The van der Waals surface area contributed by atoms with Gasteiger partial charge < -0.3 is 5.11 Å². The van der Waals surface area contributed by atoms with Crippen LogP contribution in [-0.4, -0.2) is 42.0 Å². The molecule has 1 saturated heterocycles. The number of hydrogen-bond donors (Lipinski definition) is 1. The summed E-state index contributed by atoms with van der Waals surface area (Å²) in [6.07, 6.45) is 2.15. The number of rotatable bonds is 5. The average molecular weight is 275 g/mol. The van der Waals surface area contributed by atoms with Crippen LogP contribution >= 0.6 is 0 Å². The van der Waals surface area contributed by atoms with Crippen LogP contribution in [0.4, 0.5) is 0 Å². The molecule has 3 nitrogen and oxygen atoms in total. The van der Waals surface area contributed by atoms with E-state index in [1.807, 2.05) is 24.3 Å². The first-order valence-corrected chi connectivity index (χ1v) is 7.56. The van der Waals surface area contributed by atoms with Gasteiger partial charge in [0.15, 0.2) is 5.78 Å². The molecule has 1 fully saturated rings. The van der Waals surface area contributed by atoms with E-state index in [4.69, 9.17) is 0 Å². The van der Waals surface area contributed by atoms with Gasteiger partial charge in [-0.3, -0.25) is 9.69 Å². The Hall–Kier alpha value is -1.19. The number of ketones is 1. The molecule has 20 heavy (non-hydrogen) atoms. The molecule has 3 heteroatoms. The van der Waals surface area contributed by atoms with E-state index in [2.05, 4.69) is 18.7 Å². The SMILES string of the molecule is CC(C)c1ccc(C(=O)CN2CCCC(CO)C2)cc1. The van der Waals surface area contributed by atoms with Crippen molar-refractivity contribution in [1.29, 1.82) is 0 Å². The fraction of sp³-hybridized carbons (Fsp3) is 0.588. The van der Waals surface area contributed by atoms with Crippen molar-refractivity contribution in [3.63, 3.8) is 0 Å². The molecule has 110 valence electrons. The van der Waals surface area contributed by atoms with Crippen LogP contribution in [0.15, 0.2) is 24.3 Å². The molecule has 1 unspecified atom stereocenters. The highest BCUT2D eigenvalue weighted by Gasteiger charge is 2.21. The zero-order chi connectivity index (χ0) is 14.5. The maximum Gasteiger partial charge on any atom is 0.176 e. The summed E-state index contributed by atoms with van der Waals surface area (Å²) < 4.78 is 0. The number of nitrogens with zero attached hydrogens (tertiary/aromatic N) is 1. The second-order valence-electron chi connectivity index (χ2n) is 6.13. The monoisotopic (exact) mass is 275 g/mol. The number of Topliss-reactive ketones (excluding diaryl/α,β-unsaturated/α-hetero) is 1. The Morgan fingerprint density at radius 1 is 1.35 bits per heavy atom. The van der Waals surface area contributed by atoms with E-state index in [-0.39, 0.29) is 12.4 Å². The first-order valence-electron chi connectivity index (χ1n) is 7.56. The van der Waals surface area contributed by atoms with Crippen LogP contribution in [0, 0.1) is 5.92 Å². The van der Waals surface area contributed by atoms with Crippen molar-refractivity contribution in [2.24, 2.45) is 5.92 Å². The predicted octanol–water partition coefficient (Wildman–Crippen LogP) is 2.70. The van der Waals surface area contributed by atoms with Crippen LogP contribution < -0.4 is 0 Å². The third-order valence-corrected chi connectivity index (χ3v) is 4.13. The Labute approximate surface area is 121 Å². The maximum absolute atomic E-state index is 12.3. The minimum atomic E-state index is 0.180. The number of carbonyl (C=O) groups is 1. The van der Waals surface area contributed by atoms with E-state index in [1.165, 1.54) is 5.56 Å². The summed E-state index contributed by atoms with van der Waals surface area (Å²) in [5.41, 5.74) is 2.06. The summed E-state index contributed by atoms with van der Waals surface area (Å²) in [5.74, 6) is 1.00. The fourth-order valence-electron chi connectivity index (χ4n) is 2.79. The van der Waals surface area contributed by atoms with Gasteiger partial charge in [-0.1, -0.05) is 38.1 Å². The van der Waals surface area contributed by atoms with Gasteiger partial charge in [-0.15, -0.1) is 0 Å². The Morgan fingerprint density at radius 3 is 2.65 bits per heavy atom. The van der Waals surface area contributed by atoms with E-state index < -0.39 is 0 Å². The van der Waals surface area contributed by atoms with Gasteiger partial charge in [0.25, 0.3) is 0 Å². The highest BCUT2D eigenvalue weighted by Crippen LogP contribution is 2.18. The minimum Gasteiger partial charge on any atom is -0.396 e. The van der Waals surface area contributed by atoms with Gasteiger partial charge in [-0.05, 0) is 36.8 Å². The van der Waals surface area contributed by atoms with E-state index in [9.17, 15) is 9.90 Å². The Kier molecular flexibility index (Phi) is 5.32. The number of benzene rings is 1. The van der Waals surface area contributed by atoms with Gasteiger partial charge in [0.05, 0.1) is 6.54 Å². The molecule has 0 amide bonds. The largest absolute Gasteiger partial charge is 0.396 e. The molecule has 0 radical (unpaired) electrons. The molecule has 0 saturated carbocycles. The fourth-order valence-corrected chi connectivity index (χ4v) is 2.79. The average Bonchev–Trinajstić information content (AvgIpc) is 2.47. The van der Waals surface area contributed by atoms with E-state index in [0.717, 1.165) is 31.5 Å². The molecular weight excluding hydrogens is 250 g/mol. The zero-order valence-corrected chi connectivity index (χ0v) is 12.5. The summed E-state index contributed by atoms with van der Waals surface area (Å²) in [5, 5.41) is 9.23. The van der Waals surface area contributed by atoms with Gasteiger partial charge in [0, 0.05) is 18.7 Å². The second kappa shape index (κ2) is 7.00. The number of piperidine rings is 1. The Balaban J connectivity index is 1.94. The van der Waals surface area contributed by atoms with Crippen LogP contribution in [0.3, 0.4) is 0 Å². The molecule has 1 aromatic carbocycles. The number of aliphatic hydroxyl groups is 1. The first kappa shape index (κ1) is 15.2. The van der Waals surface area contributed by atoms with E-state index in [1.54, 1.807) is 0 Å². The first-order chi connectivity index (χ1) is 9.60.